The highest BCUT2D eigenvalue weighted by atomic mass is 127. The molecule has 3 aromatic rings. The number of hydrogen-bond donors (Lipinski definition) is 1. The number of aryl methyl sites for hydroxylation is 2. The number of phenols is 1. The Kier molecular flexibility index (Phi) is 4.84. The van der Waals surface area contributed by atoms with Crippen molar-refractivity contribution in [3.8, 4) is 5.75 Å². The molecule has 0 aliphatic heterocycles. The second-order valence-electron chi connectivity index (χ2n) is 5.86. The summed E-state index contributed by atoms with van der Waals surface area (Å²) in [5.41, 5.74) is 1.89. The Bertz CT molecular complexity index is 1050. The second kappa shape index (κ2) is 6.95. The Balaban J connectivity index is 1.77. The van der Waals surface area contributed by atoms with Gasteiger partial charge in [0, 0.05) is 4.88 Å². The smallest absolute Gasteiger partial charge is 0.282 e. The zero-order chi connectivity index (χ0) is 17.6. The first kappa shape index (κ1) is 17.4. The van der Waals surface area contributed by atoms with Crippen molar-refractivity contribution in [2.75, 3.05) is 0 Å². The van der Waals surface area contributed by atoms with Crippen LogP contribution in [-0.4, -0.2) is 21.0 Å². The number of phenolic OH excluding ortho intramolecular Hbond substituents is 1. The van der Waals surface area contributed by atoms with Crippen molar-refractivity contribution >= 4 is 72.9 Å². The summed E-state index contributed by atoms with van der Waals surface area (Å²) >= 11 is 5.79. The molecule has 1 aromatic carbocycles. The summed E-state index contributed by atoms with van der Waals surface area (Å²) in [5, 5.41) is 14.9. The monoisotopic (exact) mass is 577 g/mol. The van der Waals surface area contributed by atoms with Gasteiger partial charge in [-0.15, -0.1) is 11.3 Å². The Labute approximate surface area is 175 Å². The van der Waals surface area contributed by atoms with Gasteiger partial charge in [0.15, 0.2) is 0 Å². The molecule has 2 aromatic heterocycles. The average Bonchev–Trinajstić information content (AvgIpc) is 2.98. The topological polar surface area (TPSA) is 67.5 Å². The molecule has 1 aliphatic rings. The van der Waals surface area contributed by atoms with Gasteiger partial charge in [0.25, 0.3) is 5.56 Å². The number of benzene rings is 1. The van der Waals surface area contributed by atoms with Gasteiger partial charge in [-0.05, 0) is 94.1 Å². The third-order valence-corrected chi connectivity index (χ3v) is 7.07. The molecule has 0 bridgehead atoms. The molecular formula is C17H13I2N3O2S. The molecule has 1 aliphatic carbocycles. The molecule has 0 fully saturated rings. The van der Waals surface area contributed by atoms with Crippen molar-refractivity contribution in [1.82, 2.24) is 9.66 Å². The van der Waals surface area contributed by atoms with Crippen molar-refractivity contribution in [3.63, 3.8) is 0 Å². The minimum Gasteiger partial charge on any atom is -0.506 e. The van der Waals surface area contributed by atoms with Gasteiger partial charge in [0.05, 0.1) is 18.7 Å². The maximum atomic E-state index is 12.8. The number of fused-ring (bicyclic) bond motifs is 3. The predicted molar refractivity (Wildman–Crippen MR) is 117 cm³/mol. The molecule has 0 amide bonds. The van der Waals surface area contributed by atoms with Gasteiger partial charge >= 0.3 is 0 Å². The van der Waals surface area contributed by atoms with Crippen molar-refractivity contribution in [3.05, 3.63) is 52.0 Å². The van der Waals surface area contributed by atoms with E-state index in [9.17, 15) is 9.90 Å². The lowest BCUT2D eigenvalue weighted by Crippen LogP contribution is -2.18. The molecule has 0 spiro atoms. The van der Waals surface area contributed by atoms with E-state index in [1.165, 1.54) is 27.9 Å². The first-order valence-electron chi connectivity index (χ1n) is 7.79. The Morgan fingerprint density at radius 3 is 2.72 bits per heavy atom. The maximum Gasteiger partial charge on any atom is 0.282 e. The Morgan fingerprint density at radius 1 is 1.24 bits per heavy atom. The fourth-order valence-electron chi connectivity index (χ4n) is 3.01. The molecule has 128 valence electrons. The first-order chi connectivity index (χ1) is 12.0. The van der Waals surface area contributed by atoms with Gasteiger partial charge in [-0.2, -0.15) is 9.78 Å². The molecule has 0 saturated carbocycles. The number of thiophene rings is 1. The fourth-order valence-corrected chi connectivity index (χ4v) is 6.04. The van der Waals surface area contributed by atoms with Crippen molar-refractivity contribution in [2.24, 2.45) is 5.10 Å². The van der Waals surface area contributed by atoms with Crippen molar-refractivity contribution in [1.29, 1.82) is 0 Å². The van der Waals surface area contributed by atoms with Crippen LogP contribution in [0.1, 0.15) is 28.8 Å². The molecular weight excluding hydrogens is 564 g/mol. The van der Waals surface area contributed by atoms with Crippen LogP contribution in [-0.2, 0) is 12.8 Å². The lowest BCUT2D eigenvalue weighted by Gasteiger charge is -2.09. The zero-order valence-corrected chi connectivity index (χ0v) is 18.1. The number of halogens is 2. The molecule has 2 heterocycles. The van der Waals surface area contributed by atoms with Crippen LogP contribution in [0, 0.1) is 7.14 Å². The van der Waals surface area contributed by atoms with Crippen LogP contribution >= 0.6 is 56.5 Å². The molecule has 1 N–H and O–H groups in total. The van der Waals surface area contributed by atoms with Crippen molar-refractivity contribution in [2.45, 2.75) is 25.7 Å². The summed E-state index contributed by atoms with van der Waals surface area (Å²) in [6.45, 7) is 0. The van der Waals surface area contributed by atoms with E-state index in [0.717, 1.165) is 42.2 Å². The third-order valence-electron chi connectivity index (χ3n) is 4.23. The predicted octanol–water partition coefficient (Wildman–Crippen LogP) is 4.13. The average molecular weight is 577 g/mol. The van der Waals surface area contributed by atoms with Gasteiger partial charge in [-0.3, -0.25) is 4.79 Å². The highest BCUT2D eigenvalue weighted by molar-refractivity contribution is 14.1. The third kappa shape index (κ3) is 3.23. The van der Waals surface area contributed by atoms with Crippen molar-refractivity contribution < 1.29 is 5.11 Å². The molecule has 8 heteroatoms. The van der Waals surface area contributed by atoms with Crippen LogP contribution in [0.15, 0.2) is 28.4 Å². The lowest BCUT2D eigenvalue weighted by molar-refractivity contribution is 0.467. The molecule has 25 heavy (non-hydrogen) atoms. The van der Waals surface area contributed by atoms with E-state index in [0.29, 0.717) is 0 Å². The van der Waals surface area contributed by atoms with E-state index >= 15 is 0 Å². The SMILES string of the molecule is O=c1c2c3c(sc2ncn1/N=C\c1cc(I)c(O)c(I)c1)CCCC3. The number of aromatic nitrogens is 2. The zero-order valence-electron chi connectivity index (χ0n) is 13.0. The van der Waals surface area contributed by atoms with Crippen LogP contribution in [0.25, 0.3) is 10.2 Å². The minimum atomic E-state index is -0.108. The molecule has 0 saturated heterocycles. The quantitative estimate of drug-likeness (QED) is 0.368. The fraction of sp³-hybridized carbons (Fsp3) is 0.235. The molecule has 4 rings (SSSR count). The molecule has 0 radical (unpaired) electrons. The van der Waals surface area contributed by atoms with Crippen LogP contribution in [0.4, 0.5) is 0 Å². The number of nitrogens with zero attached hydrogens (tertiary/aromatic N) is 3. The van der Waals surface area contributed by atoms with E-state index in [-0.39, 0.29) is 11.3 Å². The Morgan fingerprint density at radius 2 is 1.96 bits per heavy atom. The van der Waals surface area contributed by atoms with E-state index < -0.39 is 0 Å². The van der Waals surface area contributed by atoms with Gasteiger partial charge < -0.3 is 5.11 Å². The maximum absolute atomic E-state index is 12.8. The highest BCUT2D eigenvalue weighted by Gasteiger charge is 2.19. The Hall–Kier alpha value is -1.01. The van der Waals surface area contributed by atoms with Gasteiger partial charge in [0.2, 0.25) is 0 Å². The first-order valence-corrected chi connectivity index (χ1v) is 10.8. The molecule has 0 unspecified atom stereocenters. The number of aromatic hydroxyl groups is 1. The lowest BCUT2D eigenvalue weighted by atomic mass is 9.97. The van der Waals surface area contributed by atoms with E-state index in [4.69, 9.17) is 0 Å². The minimum absolute atomic E-state index is 0.108. The van der Waals surface area contributed by atoms with Crippen LogP contribution < -0.4 is 5.56 Å². The van der Waals surface area contributed by atoms with Gasteiger partial charge in [0.1, 0.15) is 16.9 Å². The van der Waals surface area contributed by atoms with Gasteiger partial charge in [-0.25, -0.2) is 4.98 Å². The van der Waals surface area contributed by atoms with Gasteiger partial charge in [-0.1, -0.05) is 0 Å². The number of hydrogen-bond acceptors (Lipinski definition) is 5. The summed E-state index contributed by atoms with van der Waals surface area (Å²) in [4.78, 5) is 19.4. The summed E-state index contributed by atoms with van der Waals surface area (Å²) in [6.07, 6.45) is 7.42. The van der Waals surface area contributed by atoms with E-state index in [1.807, 2.05) is 12.1 Å². The second-order valence-corrected chi connectivity index (χ2v) is 9.27. The largest absolute Gasteiger partial charge is 0.506 e. The normalized spacial score (nSPS) is 14.3. The van der Waals surface area contributed by atoms with Crippen LogP contribution in [0.5, 0.6) is 5.75 Å². The van der Waals surface area contributed by atoms with Crippen LogP contribution in [0.2, 0.25) is 0 Å². The van der Waals surface area contributed by atoms with Crippen LogP contribution in [0.3, 0.4) is 0 Å². The summed E-state index contributed by atoms with van der Waals surface area (Å²) in [5.74, 6) is 0.267. The molecule has 0 atom stereocenters. The van der Waals surface area contributed by atoms with E-state index in [1.54, 1.807) is 17.6 Å². The summed E-state index contributed by atoms with van der Waals surface area (Å²) in [7, 11) is 0. The number of rotatable bonds is 2. The van der Waals surface area contributed by atoms with E-state index in [2.05, 4.69) is 55.3 Å². The summed E-state index contributed by atoms with van der Waals surface area (Å²) < 4.78 is 2.80. The standard InChI is InChI=1S/C17H13I2N3O2S/c18-11-5-9(6-12(19)15(11)23)7-21-22-8-20-16-14(17(22)24)10-3-1-2-4-13(10)25-16/h5-8,23H,1-4H2/b21-7-. The summed E-state index contributed by atoms with van der Waals surface area (Å²) in [6, 6.07) is 3.65. The highest BCUT2D eigenvalue weighted by Crippen LogP contribution is 2.33. The molecule has 5 nitrogen and oxygen atoms in total.